The smallest absolute Gasteiger partial charge is 0.326 e. The van der Waals surface area contributed by atoms with E-state index in [2.05, 4.69) is 5.32 Å². The zero-order valence-corrected chi connectivity index (χ0v) is 12.6. The molecule has 1 aliphatic rings. The molecule has 1 aromatic heterocycles. The molecule has 2 rings (SSSR count). The molecule has 0 aromatic carbocycles. The van der Waals surface area contributed by atoms with E-state index in [-0.39, 0.29) is 18.0 Å². The molecule has 1 unspecified atom stereocenters. The van der Waals surface area contributed by atoms with Crippen molar-refractivity contribution in [1.29, 1.82) is 0 Å². The third-order valence-electron chi connectivity index (χ3n) is 3.72. The summed E-state index contributed by atoms with van der Waals surface area (Å²) < 4.78 is 5.51. The lowest BCUT2D eigenvalue weighted by Gasteiger charge is -2.11. The maximum absolute atomic E-state index is 12.3. The molecule has 0 bridgehead atoms. The van der Waals surface area contributed by atoms with E-state index in [4.69, 9.17) is 9.52 Å². The van der Waals surface area contributed by atoms with Gasteiger partial charge in [-0.15, -0.1) is 0 Å². The third kappa shape index (κ3) is 3.10. The lowest BCUT2D eigenvalue weighted by molar-refractivity contribution is -0.139. The maximum Gasteiger partial charge on any atom is 0.326 e. The van der Waals surface area contributed by atoms with Crippen molar-refractivity contribution in [3.8, 4) is 0 Å². The summed E-state index contributed by atoms with van der Waals surface area (Å²) in [6.07, 6.45) is 5.36. The van der Waals surface area contributed by atoms with E-state index in [1.54, 1.807) is 26.0 Å². The van der Waals surface area contributed by atoms with E-state index in [0.717, 1.165) is 0 Å². The van der Waals surface area contributed by atoms with Gasteiger partial charge >= 0.3 is 5.97 Å². The number of carboxylic acids is 1. The molecule has 0 spiro atoms. The van der Waals surface area contributed by atoms with Gasteiger partial charge in [0.15, 0.2) is 11.5 Å². The molecule has 1 heterocycles. The predicted molar refractivity (Wildman–Crippen MR) is 79.0 cm³/mol. The number of fused-ring (bicyclic) bond motifs is 1. The highest BCUT2D eigenvalue weighted by atomic mass is 16.4. The second-order valence-electron chi connectivity index (χ2n) is 5.30. The van der Waals surface area contributed by atoms with Crippen LogP contribution in [0, 0.1) is 6.92 Å². The van der Waals surface area contributed by atoms with Gasteiger partial charge in [0.2, 0.25) is 0 Å². The molecule has 22 heavy (non-hydrogen) atoms. The van der Waals surface area contributed by atoms with Gasteiger partial charge in [0, 0.05) is 18.4 Å². The van der Waals surface area contributed by atoms with E-state index < -0.39 is 17.9 Å². The van der Waals surface area contributed by atoms with E-state index in [1.807, 2.05) is 0 Å². The van der Waals surface area contributed by atoms with Crippen LogP contribution in [0.25, 0.3) is 0 Å². The van der Waals surface area contributed by atoms with Gasteiger partial charge in [-0.3, -0.25) is 9.59 Å². The Hall–Kier alpha value is -2.37. The highest BCUT2D eigenvalue weighted by Gasteiger charge is 2.30. The number of aliphatic carboxylic acids is 1. The Balaban J connectivity index is 2.23. The van der Waals surface area contributed by atoms with Gasteiger partial charge in [0.05, 0.1) is 5.56 Å². The van der Waals surface area contributed by atoms with Gasteiger partial charge in [-0.1, -0.05) is 12.2 Å². The van der Waals surface area contributed by atoms with Gasteiger partial charge < -0.3 is 14.8 Å². The van der Waals surface area contributed by atoms with Gasteiger partial charge in [-0.25, -0.2) is 4.79 Å². The number of hydrogen-bond donors (Lipinski definition) is 2. The number of allylic oxidation sites excluding steroid dienone is 1. The number of ketones is 1. The van der Waals surface area contributed by atoms with Crippen molar-refractivity contribution >= 4 is 17.7 Å². The van der Waals surface area contributed by atoms with Gasteiger partial charge in [0.25, 0.3) is 5.91 Å². The normalized spacial score (nSPS) is 15.6. The standard InChI is InChI=1S/C16H19NO5/c1-3-4-6-10(16(20)21)17-15(19)14-9(2)13-11(18)7-5-8-12(13)22-14/h3-4,10H,5-8H2,1-2H3,(H,17,19)(H,20,21)/b4-3+. The molecular formula is C16H19NO5. The number of carbonyl (C=O) groups excluding carboxylic acids is 2. The first-order valence-corrected chi connectivity index (χ1v) is 7.26. The van der Waals surface area contributed by atoms with E-state index in [0.29, 0.717) is 36.1 Å². The maximum atomic E-state index is 12.3. The number of amides is 1. The summed E-state index contributed by atoms with van der Waals surface area (Å²) in [5.41, 5.74) is 0.976. The van der Waals surface area contributed by atoms with Crippen molar-refractivity contribution in [3.05, 3.63) is 34.8 Å². The summed E-state index contributed by atoms with van der Waals surface area (Å²) in [6.45, 7) is 3.43. The minimum Gasteiger partial charge on any atom is -0.480 e. The largest absolute Gasteiger partial charge is 0.480 e. The molecule has 2 N–H and O–H groups in total. The molecule has 0 saturated carbocycles. The van der Waals surface area contributed by atoms with Crippen molar-refractivity contribution in [1.82, 2.24) is 5.32 Å². The molecule has 1 aliphatic carbocycles. The van der Waals surface area contributed by atoms with Crippen molar-refractivity contribution in [3.63, 3.8) is 0 Å². The number of furan rings is 1. The molecule has 0 fully saturated rings. The van der Waals surface area contributed by atoms with Crippen LogP contribution in [0.15, 0.2) is 16.6 Å². The summed E-state index contributed by atoms with van der Waals surface area (Å²) >= 11 is 0. The summed E-state index contributed by atoms with van der Waals surface area (Å²) in [7, 11) is 0. The lowest BCUT2D eigenvalue weighted by atomic mass is 9.94. The van der Waals surface area contributed by atoms with Gasteiger partial charge in [-0.05, 0) is 26.7 Å². The monoisotopic (exact) mass is 305 g/mol. The molecule has 0 radical (unpaired) electrons. The topological polar surface area (TPSA) is 96.6 Å². The average molecular weight is 305 g/mol. The first kappa shape index (κ1) is 16.0. The summed E-state index contributed by atoms with van der Waals surface area (Å²) in [6, 6.07) is -1.03. The van der Waals surface area contributed by atoms with E-state index in [1.165, 1.54) is 0 Å². The molecule has 1 atom stereocenters. The SMILES string of the molecule is C/C=C/CC(NC(=O)c1oc2c(c1C)C(=O)CCC2)C(=O)O. The molecule has 1 aromatic rings. The number of rotatable bonds is 5. The van der Waals surface area contributed by atoms with Crippen LogP contribution in [0.1, 0.15) is 58.4 Å². The summed E-state index contributed by atoms with van der Waals surface area (Å²) in [4.78, 5) is 35.4. The first-order valence-electron chi connectivity index (χ1n) is 7.26. The lowest BCUT2D eigenvalue weighted by Crippen LogP contribution is -2.40. The van der Waals surface area contributed by atoms with Crippen molar-refractivity contribution < 1.29 is 23.9 Å². The van der Waals surface area contributed by atoms with Crippen LogP contribution in [0.4, 0.5) is 0 Å². The molecule has 0 saturated heterocycles. The van der Waals surface area contributed by atoms with Crippen molar-refractivity contribution in [2.75, 3.05) is 0 Å². The molecule has 6 heteroatoms. The number of hydrogen-bond acceptors (Lipinski definition) is 4. The van der Waals surface area contributed by atoms with Crippen LogP contribution in [0.2, 0.25) is 0 Å². The van der Waals surface area contributed by atoms with E-state index >= 15 is 0 Å². The van der Waals surface area contributed by atoms with Crippen molar-refractivity contribution in [2.24, 2.45) is 0 Å². The van der Waals surface area contributed by atoms with Crippen molar-refractivity contribution in [2.45, 2.75) is 45.6 Å². The number of aryl methyl sites for hydroxylation is 1. The van der Waals surface area contributed by atoms with E-state index in [9.17, 15) is 14.4 Å². The minimum atomic E-state index is -1.11. The number of nitrogens with one attached hydrogen (secondary N) is 1. The van der Waals surface area contributed by atoms with Crippen LogP contribution >= 0.6 is 0 Å². The van der Waals surface area contributed by atoms with Crippen LogP contribution in [0.5, 0.6) is 0 Å². The van der Waals surface area contributed by atoms with Crippen LogP contribution in [-0.4, -0.2) is 28.8 Å². The van der Waals surface area contributed by atoms with Crippen LogP contribution in [-0.2, 0) is 11.2 Å². The number of carbonyl (C=O) groups is 3. The Morgan fingerprint density at radius 1 is 1.41 bits per heavy atom. The summed E-state index contributed by atoms with van der Waals surface area (Å²) in [5, 5.41) is 11.6. The molecule has 118 valence electrons. The fourth-order valence-electron chi connectivity index (χ4n) is 2.58. The molecular weight excluding hydrogens is 286 g/mol. The zero-order valence-electron chi connectivity index (χ0n) is 12.6. The summed E-state index contributed by atoms with van der Waals surface area (Å²) in [5.74, 6) is -1.18. The fraction of sp³-hybridized carbons (Fsp3) is 0.438. The Morgan fingerprint density at radius 3 is 2.73 bits per heavy atom. The first-order chi connectivity index (χ1) is 10.5. The average Bonchev–Trinajstić information content (AvgIpc) is 2.81. The second-order valence-corrected chi connectivity index (χ2v) is 5.30. The van der Waals surface area contributed by atoms with Gasteiger partial charge in [0.1, 0.15) is 11.8 Å². The van der Waals surface area contributed by atoms with Gasteiger partial charge in [-0.2, -0.15) is 0 Å². The fourth-order valence-corrected chi connectivity index (χ4v) is 2.58. The number of Topliss-reactive ketones (excluding diaryl/α,β-unsaturated/α-hetero) is 1. The minimum absolute atomic E-state index is 0.0229. The van der Waals surface area contributed by atoms with Crippen LogP contribution < -0.4 is 5.32 Å². The number of carboxylic acid groups (broad SMARTS) is 1. The third-order valence-corrected chi connectivity index (χ3v) is 3.72. The Kier molecular flexibility index (Phi) is 4.80. The predicted octanol–water partition coefficient (Wildman–Crippen LogP) is 2.26. The zero-order chi connectivity index (χ0) is 16.3. The highest BCUT2D eigenvalue weighted by Crippen LogP contribution is 2.29. The highest BCUT2D eigenvalue weighted by molar-refractivity contribution is 6.03. The molecule has 1 amide bonds. The Bertz CT molecular complexity index is 641. The molecule has 6 nitrogen and oxygen atoms in total. The van der Waals surface area contributed by atoms with Crippen LogP contribution in [0.3, 0.4) is 0 Å². The molecule has 0 aliphatic heterocycles. The Labute approximate surface area is 128 Å². The second kappa shape index (κ2) is 6.60. The Morgan fingerprint density at radius 2 is 2.14 bits per heavy atom. The quantitative estimate of drug-likeness (QED) is 0.813.